The predicted molar refractivity (Wildman–Crippen MR) is 73.7 cm³/mol. The molecule has 0 spiro atoms. The fourth-order valence-electron chi connectivity index (χ4n) is 1.46. The van der Waals surface area contributed by atoms with Crippen LogP contribution in [0.15, 0.2) is 24.3 Å². The van der Waals surface area contributed by atoms with Crippen LogP contribution in [0.2, 0.25) is 0 Å². The summed E-state index contributed by atoms with van der Waals surface area (Å²) in [6.07, 6.45) is 0.338. The summed E-state index contributed by atoms with van der Waals surface area (Å²) in [6, 6.07) is 7.21. The van der Waals surface area contributed by atoms with Gasteiger partial charge in [-0.25, -0.2) is 0 Å². The molecule has 0 saturated heterocycles. The van der Waals surface area contributed by atoms with Gasteiger partial charge in [-0.1, -0.05) is 13.8 Å². The summed E-state index contributed by atoms with van der Waals surface area (Å²) in [5.41, 5.74) is 6.62. The average Bonchev–Trinajstić information content (AvgIpc) is 2.31. The van der Waals surface area contributed by atoms with Crippen LogP contribution in [0.3, 0.4) is 0 Å². The van der Waals surface area contributed by atoms with Gasteiger partial charge in [0.1, 0.15) is 5.75 Å². The van der Waals surface area contributed by atoms with Crippen molar-refractivity contribution < 1.29 is 9.53 Å². The molecule has 0 aliphatic rings. The predicted octanol–water partition coefficient (Wildman–Crippen LogP) is 2.40. The summed E-state index contributed by atoms with van der Waals surface area (Å²) in [5.74, 6) is 1.05. The molecule has 1 amide bonds. The first-order valence-corrected chi connectivity index (χ1v) is 6.31. The Morgan fingerprint density at radius 2 is 1.94 bits per heavy atom. The molecule has 100 valence electrons. The molecule has 0 radical (unpaired) electrons. The standard InChI is InChI=1S/C14H22N2O2/c1-4-18-12-7-5-11(6-8-12)16-14(17)9-13(15)10(2)3/h5-8,10,13H,4,9,15H2,1-3H3,(H,16,17). The molecule has 0 bridgehead atoms. The molecule has 1 atom stereocenters. The van der Waals surface area contributed by atoms with E-state index in [-0.39, 0.29) is 11.9 Å². The van der Waals surface area contributed by atoms with Gasteiger partial charge in [0.2, 0.25) is 5.91 Å². The van der Waals surface area contributed by atoms with Gasteiger partial charge in [0, 0.05) is 18.2 Å². The maximum atomic E-state index is 11.7. The molecule has 18 heavy (non-hydrogen) atoms. The number of nitrogens with two attached hydrogens (primary N) is 1. The van der Waals surface area contributed by atoms with Gasteiger partial charge in [0.05, 0.1) is 6.61 Å². The number of rotatable bonds is 6. The van der Waals surface area contributed by atoms with Gasteiger partial charge >= 0.3 is 0 Å². The number of nitrogens with one attached hydrogen (secondary N) is 1. The van der Waals surface area contributed by atoms with Crippen molar-refractivity contribution in [3.8, 4) is 5.75 Å². The number of carbonyl (C=O) groups is 1. The van der Waals surface area contributed by atoms with Crippen molar-refractivity contribution in [1.82, 2.24) is 0 Å². The molecule has 1 aromatic carbocycles. The topological polar surface area (TPSA) is 64.3 Å². The van der Waals surface area contributed by atoms with Crippen LogP contribution in [0.4, 0.5) is 5.69 Å². The summed E-state index contributed by atoms with van der Waals surface area (Å²) in [7, 11) is 0. The van der Waals surface area contributed by atoms with Gasteiger partial charge in [0.15, 0.2) is 0 Å². The highest BCUT2D eigenvalue weighted by Gasteiger charge is 2.12. The molecular formula is C14H22N2O2. The van der Waals surface area contributed by atoms with E-state index in [2.05, 4.69) is 5.32 Å². The van der Waals surface area contributed by atoms with Crippen LogP contribution in [0.1, 0.15) is 27.2 Å². The van der Waals surface area contributed by atoms with Crippen molar-refractivity contribution in [1.29, 1.82) is 0 Å². The molecule has 0 aromatic heterocycles. The minimum atomic E-state index is -0.104. The monoisotopic (exact) mass is 250 g/mol. The molecule has 0 aliphatic heterocycles. The summed E-state index contributed by atoms with van der Waals surface area (Å²) in [5, 5.41) is 2.82. The lowest BCUT2D eigenvalue weighted by molar-refractivity contribution is -0.116. The van der Waals surface area contributed by atoms with Gasteiger partial charge < -0.3 is 15.8 Å². The highest BCUT2D eigenvalue weighted by molar-refractivity contribution is 5.91. The molecule has 4 heteroatoms. The van der Waals surface area contributed by atoms with Crippen molar-refractivity contribution in [3.63, 3.8) is 0 Å². The molecular weight excluding hydrogens is 228 g/mol. The molecule has 0 saturated carbocycles. The molecule has 0 aliphatic carbocycles. The molecule has 1 unspecified atom stereocenters. The quantitative estimate of drug-likeness (QED) is 0.814. The molecule has 0 heterocycles. The Labute approximate surface area is 109 Å². The third kappa shape index (κ3) is 4.75. The molecule has 1 aromatic rings. The normalized spacial score (nSPS) is 12.3. The Hall–Kier alpha value is -1.55. The Morgan fingerprint density at radius 1 is 1.33 bits per heavy atom. The zero-order valence-corrected chi connectivity index (χ0v) is 11.3. The van der Waals surface area contributed by atoms with Crippen LogP contribution in [0, 0.1) is 5.92 Å². The van der Waals surface area contributed by atoms with Gasteiger partial charge in [-0.05, 0) is 37.1 Å². The van der Waals surface area contributed by atoms with Gasteiger partial charge in [-0.15, -0.1) is 0 Å². The van der Waals surface area contributed by atoms with E-state index in [1.54, 1.807) is 0 Å². The van der Waals surface area contributed by atoms with E-state index in [0.29, 0.717) is 18.9 Å². The maximum absolute atomic E-state index is 11.7. The summed E-state index contributed by atoms with van der Waals surface area (Å²) in [4.78, 5) is 11.7. The zero-order valence-electron chi connectivity index (χ0n) is 11.3. The van der Waals surface area contributed by atoms with Crippen LogP contribution in [0.25, 0.3) is 0 Å². The minimum Gasteiger partial charge on any atom is -0.494 e. The van der Waals surface area contributed by atoms with Crippen molar-refractivity contribution >= 4 is 11.6 Å². The summed E-state index contributed by atoms with van der Waals surface area (Å²) >= 11 is 0. The lowest BCUT2D eigenvalue weighted by atomic mass is 10.0. The van der Waals surface area contributed by atoms with Crippen LogP contribution >= 0.6 is 0 Å². The van der Waals surface area contributed by atoms with E-state index in [1.165, 1.54) is 0 Å². The van der Waals surface area contributed by atoms with Crippen molar-refractivity contribution in [3.05, 3.63) is 24.3 Å². The lowest BCUT2D eigenvalue weighted by Gasteiger charge is -2.15. The van der Waals surface area contributed by atoms with E-state index in [4.69, 9.17) is 10.5 Å². The zero-order chi connectivity index (χ0) is 13.5. The number of amides is 1. The van der Waals surface area contributed by atoms with Crippen molar-refractivity contribution in [2.45, 2.75) is 33.2 Å². The Kier molecular flexibility index (Phi) is 5.65. The Balaban J connectivity index is 2.49. The van der Waals surface area contributed by atoms with Crippen LogP contribution in [0.5, 0.6) is 5.75 Å². The number of benzene rings is 1. The summed E-state index contributed by atoms with van der Waals surface area (Å²) < 4.78 is 5.33. The largest absolute Gasteiger partial charge is 0.494 e. The number of hydrogen-bond acceptors (Lipinski definition) is 3. The molecule has 0 fully saturated rings. The first-order valence-electron chi connectivity index (χ1n) is 6.31. The van der Waals surface area contributed by atoms with Gasteiger partial charge in [-0.2, -0.15) is 0 Å². The highest BCUT2D eigenvalue weighted by Crippen LogP contribution is 2.16. The van der Waals surface area contributed by atoms with Crippen molar-refractivity contribution in [2.75, 3.05) is 11.9 Å². The maximum Gasteiger partial charge on any atom is 0.225 e. The first-order chi connectivity index (χ1) is 8.52. The third-order valence-corrected chi connectivity index (χ3v) is 2.73. The van der Waals surface area contributed by atoms with Gasteiger partial charge in [0.25, 0.3) is 0 Å². The van der Waals surface area contributed by atoms with Crippen LogP contribution in [-0.4, -0.2) is 18.6 Å². The van der Waals surface area contributed by atoms with E-state index >= 15 is 0 Å². The van der Waals surface area contributed by atoms with Crippen LogP contribution < -0.4 is 15.8 Å². The Morgan fingerprint density at radius 3 is 2.44 bits per heavy atom. The smallest absolute Gasteiger partial charge is 0.225 e. The second-order valence-corrected chi connectivity index (χ2v) is 4.62. The fraction of sp³-hybridized carbons (Fsp3) is 0.500. The number of carbonyl (C=O) groups excluding carboxylic acids is 1. The second-order valence-electron chi connectivity index (χ2n) is 4.62. The molecule has 4 nitrogen and oxygen atoms in total. The van der Waals surface area contributed by atoms with E-state index in [0.717, 1.165) is 11.4 Å². The second kappa shape index (κ2) is 7.01. The Bertz CT molecular complexity index is 374. The molecule has 1 rings (SSSR count). The third-order valence-electron chi connectivity index (χ3n) is 2.73. The number of hydrogen-bond donors (Lipinski definition) is 2. The summed E-state index contributed by atoms with van der Waals surface area (Å²) in [6.45, 7) is 6.58. The first kappa shape index (κ1) is 14.5. The van der Waals surface area contributed by atoms with E-state index < -0.39 is 0 Å². The number of ether oxygens (including phenoxy) is 1. The average molecular weight is 250 g/mol. The lowest BCUT2D eigenvalue weighted by Crippen LogP contribution is -2.31. The van der Waals surface area contributed by atoms with Crippen molar-refractivity contribution in [2.24, 2.45) is 11.7 Å². The fourth-order valence-corrected chi connectivity index (χ4v) is 1.46. The van der Waals surface area contributed by atoms with Gasteiger partial charge in [-0.3, -0.25) is 4.79 Å². The van der Waals surface area contributed by atoms with E-state index in [1.807, 2.05) is 45.0 Å². The highest BCUT2D eigenvalue weighted by atomic mass is 16.5. The SMILES string of the molecule is CCOc1ccc(NC(=O)CC(N)C(C)C)cc1. The van der Waals surface area contributed by atoms with Crippen LogP contribution in [-0.2, 0) is 4.79 Å². The van der Waals surface area contributed by atoms with E-state index in [9.17, 15) is 4.79 Å². The number of anilines is 1. The minimum absolute atomic E-state index is 0.0552. The molecule has 3 N–H and O–H groups in total.